The summed E-state index contributed by atoms with van der Waals surface area (Å²) in [5.41, 5.74) is 0.340. The number of nitrogens with one attached hydrogen (secondary N) is 1. The molecule has 0 radical (unpaired) electrons. The number of benzene rings is 1. The fourth-order valence-electron chi connectivity index (χ4n) is 4.38. The van der Waals surface area contributed by atoms with Crippen LogP contribution in [0.5, 0.6) is 5.75 Å². The van der Waals surface area contributed by atoms with Gasteiger partial charge in [-0.1, -0.05) is 6.07 Å². The van der Waals surface area contributed by atoms with E-state index in [1.807, 2.05) is 12.4 Å². The van der Waals surface area contributed by atoms with Gasteiger partial charge in [-0.15, -0.1) is 0 Å². The number of anilines is 1. The van der Waals surface area contributed by atoms with Gasteiger partial charge in [0.05, 0.1) is 5.56 Å². The molecule has 2 heterocycles. The van der Waals surface area contributed by atoms with Crippen molar-refractivity contribution >= 4 is 5.95 Å². The van der Waals surface area contributed by atoms with E-state index < -0.39 is 11.7 Å². The molecule has 2 aromatic rings. The molecule has 150 valence electrons. The highest BCUT2D eigenvalue weighted by atomic mass is 19.4. The highest BCUT2D eigenvalue weighted by Gasteiger charge is 2.46. The quantitative estimate of drug-likeness (QED) is 0.806. The van der Waals surface area contributed by atoms with Crippen molar-refractivity contribution in [1.29, 1.82) is 0 Å². The fourth-order valence-corrected chi connectivity index (χ4v) is 4.38. The molecule has 1 saturated carbocycles. The molecule has 8 heteroatoms. The predicted octanol–water partition coefficient (Wildman–Crippen LogP) is 3.97. The van der Waals surface area contributed by atoms with E-state index in [0.29, 0.717) is 24.5 Å². The molecule has 2 aliphatic rings. The summed E-state index contributed by atoms with van der Waals surface area (Å²) >= 11 is 0. The summed E-state index contributed by atoms with van der Waals surface area (Å²) in [7, 11) is 1.77. The maximum absolute atomic E-state index is 12.9. The largest absolute Gasteiger partial charge is 0.492 e. The number of nitrogens with zero attached hydrogens (tertiary/aromatic N) is 3. The van der Waals surface area contributed by atoms with Crippen molar-refractivity contribution in [2.75, 3.05) is 19.0 Å². The number of piperidine rings is 1. The maximum atomic E-state index is 12.9. The van der Waals surface area contributed by atoms with Gasteiger partial charge in [-0.2, -0.15) is 13.2 Å². The Kier molecular flexibility index (Phi) is 5.14. The number of ether oxygens (including phenoxy) is 1. The van der Waals surface area contributed by atoms with Gasteiger partial charge in [-0.3, -0.25) is 4.90 Å². The Morgan fingerprint density at radius 1 is 1.21 bits per heavy atom. The topological polar surface area (TPSA) is 50.3 Å². The van der Waals surface area contributed by atoms with Gasteiger partial charge in [-0.25, -0.2) is 9.97 Å². The third-order valence-electron chi connectivity index (χ3n) is 5.76. The van der Waals surface area contributed by atoms with Crippen LogP contribution in [-0.4, -0.2) is 40.6 Å². The predicted molar refractivity (Wildman–Crippen MR) is 99.0 cm³/mol. The van der Waals surface area contributed by atoms with Gasteiger partial charge in [0, 0.05) is 43.6 Å². The summed E-state index contributed by atoms with van der Waals surface area (Å²) in [6, 6.07) is 5.78. The summed E-state index contributed by atoms with van der Waals surface area (Å²) in [4.78, 5) is 10.9. The number of alkyl halides is 3. The van der Waals surface area contributed by atoms with Crippen molar-refractivity contribution < 1.29 is 17.9 Å². The molecule has 1 aromatic heterocycles. The molecule has 1 aliphatic heterocycles. The SMILES string of the molecule is CNc1ncc(CN2[C@@H]3CC[C@@H](C3)[C@H]2COc2cccc(C(F)(F)F)c2)cn1. The molecular weight excluding hydrogens is 369 g/mol. The minimum absolute atomic E-state index is 0.192. The van der Waals surface area contributed by atoms with Crippen molar-refractivity contribution in [3.8, 4) is 5.75 Å². The highest BCUT2D eigenvalue weighted by Crippen LogP contribution is 2.43. The zero-order valence-corrected chi connectivity index (χ0v) is 15.6. The van der Waals surface area contributed by atoms with E-state index in [2.05, 4.69) is 20.2 Å². The van der Waals surface area contributed by atoms with E-state index in [9.17, 15) is 13.2 Å². The Bertz CT molecular complexity index is 812. The number of hydrogen-bond donors (Lipinski definition) is 1. The van der Waals surface area contributed by atoms with Crippen LogP contribution in [0.3, 0.4) is 0 Å². The molecule has 1 saturated heterocycles. The molecule has 2 bridgehead atoms. The van der Waals surface area contributed by atoms with Crippen LogP contribution in [0.2, 0.25) is 0 Å². The zero-order chi connectivity index (χ0) is 19.7. The molecule has 5 nitrogen and oxygen atoms in total. The minimum atomic E-state index is -4.36. The number of aromatic nitrogens is 2. The average molecular weight is 392 g/mol. The number of fused-ring (bicyclic) bond motifs is 2. The summed E-state index contributed by atoms with van der Waals surface area (Å²) in [5.74, 6) is 1.36. The van der Waals surface area contributed by atoms with Crippen LogP contribution in [0.15, 0.2) is 36.7 Å². The van der Waals surface area contributed by atoms with E-state index in [1.54, 1.807) is 13.1 Å². The Labute approximate surface area is 161 Å². The van der Waals surface area contributed by atoms with Crippen LogP contribution in [0.1, 0.15) is 30.4 Å². The average Bonchev–Trinajstić information content (AvgIpc) is 3.28. The summed E-state index contributed by atoms with van der Waals surface area (Å²) in [6.07, 6.45) is 2.68. The van der Waals surface area contributed by atoms with Gasteiger partial charge in [-0.05, 0) is 43.4 Å². The van der Waals surface area contributed by atoms with E-state index in [0.717, 1.165) is 43.5 Å². The second-order valence-electron chi connectivity index (χ2n) is 7.47. The Morgan fingerprint density at radius 2 is 2.00 bits per heavy atom. The van der Waals surface area contributed by atoms with Crippen molar-refractivity contribution in [3.63, 3.8) is 0 Å². The van der Waals surface area contributed by atoms with Crippen LogP contribution in [0, 0.1) is 5.92 Å². The normalized spacial score (nSPS) is 24.5. The molecule has 0 unspecified atom stereocenters. The van der Waals surface area contributed by atoms with E-state index in [4.69, 9.17) is 4.74 Å². The van der Waals surface area contributed by atoms with Crippen LogP contribution in [0.4, 0.5) is 19.1 Å². The Morgan fingerprint density at radius 3 is 2.71 bits per heavy atom. The lowest BCUT2D eigenvalue weighted by molar-refractivity contribution is -0.137. The molecule has 1 aliphatic carbocycles. The molecule has 4 rings (SSSR count). The van der Waals surface area contributed by atoms with Crippen LogP contribution >= 0.6 is 0 Å². The molecule has 2 fully saturated rings. The first kappa shape index (κ1) is 19.0. The van der Waals surface area contributed by atoms with E-state index >= 15 is 0 Å². The summed E-state index contributed by atoms with van der Waals surface area (Å²) in [5, 5.41) is 2.90. The van der Waals surface area contributed by atoms with Crippen molar-refractivity contribution in [3.05, 3.63) is 47.8 Å². The van der Waals surface area contributed by atoms with Gasteiger partial charge in [0.1, 0.15) is 12.4 Å². The van der Waals surface area contributed by atoms with Crippen LogP contribution in [0.25, 0.3) is 0 Å². The van der Waals surface area contributed by atoms with Gasteiger partial charge in [0.15, 0.2) is 0 Å². The van der Waals surface area contributed by atoms with Gasteiger partial charge in [0.2, 0.25) is 5.95 Å². The number of likely N-dealkylation sites (tertiary alicyclic amines) is 1. The van der Waals surface area contributed by atoms with Gasteiger partial charge < -0.3 is 10.1 Å². The molecule has 1 N–H and O–H groups in total. The Balaban J connectivity index is 1.44. The van der Waals surface area contributed by atoms with Crippen LogP contribution < -0.4 is 10.1 Å². The number of halogens is 3. The second kappa shape index (κ2) is 7.58. The summed E-state index contributed by atoms with van der Waals surface area (Å²) < 4.78 is 44.5. The molecule has 28 heavy (non-hydrogen) atoms. The lowest BCUT2D eigenvalue weighted by Crippen LogP contribution is -2.43. The smallest absolute Gasteiger partial charge is 0.416 e. The summed E-state index contributed by atoms with van der Waals surface area (Å²) in [6.45, 7) is 1.11. The van der Waals surface area contributed by atoms with Gasteiger partial charge in [0.25, 0.3) is 0 Å². The first-order chi connectivity index (χ1) is 13.4. The van der Waals surface area contributed by atoms with E-state index in [1.165, 1.54) is 6.07 Å². The standard InChI is InChI=1S/C20H23F3N4O/c1-24-19-25-9-13(10-26-19)11-27-16-6-5-14(7-16)18(27)12-28-17-4-2-3-15(8-17)20(21,22)23/h2-4,8-10,14,16,18H,5-7,11-12H2,1H3,(H,24,25,26)/t14-,16+,18+/m0/s1. The monoisotopic (exact) mass is 392 g/mol. The minimum Gasteiger partial charge on any atom is -0.492 e. The lowest BCUT2D eigenvalue weighted by Gasteiger charge is -2.35. The third kappa shape index (κ3) is 3.92. The van der Waals surface area contributed by atoms with Crippen LogP contribution in [-0.2, 0) is 12.7 Å². The fraction of sp³-hybridized carbons (Fsp3) is 0.500. The number of rotatable bonds is 6. The first-order valence-electron chi connectivity index (χ1n) is 9.48. The Hall–Kier alpha value is -2.35. The second-order valence-corrected chi connectivity index (χ2v) is 7.47. The third-order valence-corrected chi connectivity index (χ3v) is 5.76. The molecule has 0 spiro atoms. The van der Waals surface area contributed by atoms with Crippen molar-refractivity contribution in [1.82, 2.24) is 14.9 Å². The number of hydrogen-bond acceptors (Lipinski definition) is 5. The highest BCUT2D eigenvalue weighted by molar-refractivity contribution is 5.30. The lowest BCUT2D eigenvalue weighted by atomic mass is 9.99. The van der Waals surface area contributed by atoms with Gasteiger partial charge >= 0.3 is 6.18 Å². The molecular formula is C20H23F3N4O. The molecule has 0 amide bonds. The maximum Gasteiger partial charge on any atom is 0.416 e. The molecule has 3 atom stereocenters. The van der Waals surface area contributed by atoms with Crippen molar-refractivity contribution in [2.45, 2.75) is 44.1 Å². The zero-order valence-electron chi connectivity index (χ0n) is 15.6. The molecule has 1 aromatic carbocycles. The first-order valence-corrected chi connectivity index (χ1v) is 9.48. The van der Waals surface area contributed by atoms with E-state index in [-0.39, 0.29) is 11.8 Å². The van der Waals surface area contributed by atoms with Crippen molar-refractivity contribution in [2.24, 2.45) is 5.92 Å².